The molecule has 1 saturated carbocycles. The molecule has 1 saturated heterocycles. The maximum atomic E-state index is 12.9. The Morgan fingerprint density at radius 1 is 0.968 bits per heavy atom. The largest absolute Gasteiger partial charge is 0.497 e. The highest BCUT2D eigenvalue weighted by Crippen LogP contribution is 2.53. The maximum absolute atomic E-state index is 12.9. The molecule has 3 aliphatic rings. The molecule has 0 aromatic heterocycles. The van der Waals surface area contributed by atoms with Gasteiger partial charge in [-0.15, -0.1) is 0 Å². The molecule has 0 spiro atoms. The Hall–Kier alpha value is -3.61. The summed E-state index contributed by atoms with van der Waals surface area (Å²) >= 11 is 0. The molecule has 2 bridgehead atoms. The number of anilines is 2. The zero-order valence-corrected chi connectivity index (χ0v) is 17.1. The summed E-state index contributed by atoms with van der Waals surface area (Å²) < 4.78 is 5.10. The number of nitrogens with one attached hydrogen (secondary N) is 2. The molecule has 2 aliphatic carbocycles. The minimum absolute atomic E-state index is 0.0865. The van der Waals surface area contributed by atoms with Gasteiger partial charge in [-0.3, -0.25) is 14.5 Å². The number of nitrogens with zero attached hydrogens (tertiary/aromatic N) is 1. The molecule has 158 valence electrons. The molecule has 4 unspecified atom stereocenters. The van der Waals surface area contributed by atoms with Crippen LogP contribution in [0.15, 0.2) is 60.7 Å². The monoisotopic (exact) mass is 417 g/mol. The molecule has 2 aromatic carbocycles. The van der Waals surface area contributed by atoms with Crippen LogP contribution in [0.2, 0.25) is 0 Å². The molecule has 2 aromatic rings. The van der Waals surface area contributed by atoms with Crippen molar-refractivity contribution in [3.8, 4) is 5.75 Å². The van der Waals surface area contributed by atoms with Crippen molar-refractivity contribution in [2.75, 3.05) is 17.3 Å². The van der Waals surface area contributed by atoms with Gasteiger partial charge < -0.3 is 15.4 Å². The molecule has 31 heavy (non-hydrogen) atoms. The zero-order valence-electron chi connectivity index (χ0n) is 17.1. The average Bonchev–Trinajstić information content (AvgIpc) is 3.47. The van der Waals surface area contributed by atoms with Gasteiger partial charge in [0.1, 0.15) is 5.75 Å². The third kappa shape index (κ3) is 3.36. The lowest BCUT2D eigenvalue weighted by molar-refractivity contribution is -0.123. The highest BCUT2D eigenvalue weighted by atomic mass is 16.5. The molecule has 0 radical (unpaired) electrons. The molecule has 2 fully saturated rings. The Labute approximate surface area is 180 Å². The third-order valence-electron chi connectivity index (χ3n) is 6.47. The van der Waals surface area contributed by atoms with E-state index in [-0.39, 0.29) is 41.5 Å². The summed E-state index contributed by atoms with van der Waals surface area (Å²) in [7, 11) is 1.59. The third-order valence-corrected chi connectivity index (χ3v) is 6.47. The van der Waals surface area contributed by atoms with E-state index in [0.29, 0.717) is 23.7 Å². The Kier molecular flexibility index (Phi) is 4.73. The second-order valence-electron chi connectivity index (χ2n) is 8.21. The SMILES string of the molecule is COc1ccc(NC(=O)NCc2ccc(N3C(=O)C4C5C=CC(C5)C4C3=O)cc2)cc1. The molecular weight excluding hydrogens is 394 g/mol. The summed E-state index contributed by atoms with van der Waals surface area (Å²) in [6.07, 6.45) is 5.10. The van der Waals surface area contributed by atoms with Crippen molar-refractivity contribution in [1.29, 1.82) is 0 Å². The summed E-state index contributed by atoms with van der Waals surface area (Å²) in [4.78, 5) is 39.3. The zero-order chi connectivity index (χ0) is 21.5. The van der Waals surface area contributed by atoms with Gasteiger partial charge in [-0.05, 0) is 60.2 Å². The number of ether oxygens (including phenoxy) is 1. The van der Waals surface area contributed by atoms with E-state index in [9.17, 15) is 14.4 Å². The average molecular weight is 417 g/mol. The summed E-state index contributed by atoms with van der Waals surface area (Å²) in [6.45, 7) is 0.323. The van der Waals surface area contributed by atoms with Crippen LogP contribution in [-0.2, 0) is 16.1 Å². The number of benzene rings is 2. The van der Waals surface area contributed by atoms with Crippen molar-refractivity contribution in [3.63, 3.8) is 0 Å². The van der Waals surface area contributed by atoms with Crippen LogP contribution in [0.3, 0.4) is 0 Å². The quantitative estimate of drug-likeness (QED) is 0.577. The van der Waals surface area contributed by atoms with E-state index in [0.717, 1.165) is 12.0 Å². The molecule has 4 amide bonds. The van der Waals surface area contributed by atoms with Crippen molar-refractivity contribution in [1.82, 2.24) is 5.32 Å². The predicted molar refractivity (Wildman–Crippen MR) is 116 cm³/mol. The highest BCUT2D eigenvalue weighted by Gasteiger charge is 2.59. The van der Waals surface area contributed by atoms with Gasteiger partial charge in [-0.2, -0.15) is 0 Å². The first-order chi connectivity index (χ1) is 15.0. The summed E-state index contributed by atoms with van der Waals surface area (Å²) in [5.41, 5.74) is 2.12. The van der Waals surface area contributed by atoms with Crippen LogP contribution in [0.1, 0.15) is 12.0 Å². The van der Waals surface area contributed by atoms with Crippen LogP contribution in [0.25, 0.3) is 0 Å². The lowest BCUT2D eigenvalue weighted by atomic mass is 9.85. The van der Waals surface area contributed by atoms with E-state index in [1.165, 1.54) is 4.90 Å². The van der Waals surface area contributed by atoms with Crippen LogP contribution < -0.4 is 20.3 Å². The molecule has 7 nitrogen and oxygen atoms in total. The van der Waals surface area contributed by atoms with E-state index in [1.54, 1.807) is 43.5 Å². The fraction of sp³-hybridized carbons (Fsp3) is 0.292. The first-order valence-corrected chi connectivity index (χ1v) is 10.4. The minimum atomic E-state index is -0.324. The molecule has 1 heterocycles. The van der Waals surface area contributed by atoms with Gasteiger partial charge in [0.15, 0.2) is 0 Å². The van der Waals surface area contributed by atoms with Crippen molar-refractivity contribution in [3.05, 3.63) is 66.2 Å². The summed E-state index contributed by atoms with van der Waals surface area (Å²) in [5, 5.41) is 5.56. The second kappa shape index (κ2) is 7.58. The molecule has 7 heteroatoms. The van der Waals surface area contributed by atoms with Crippen LogP contribution in [0.4, 0.5) is 16.2 Å². The van der Waals surface area contributed by atoms with Crippen molar-refractivity contribution >= 4 is 29.2 Å². The van der Waals surface area contributed by atoms with E-state index in [1.807, 2.05) is 12.1 Å². The van der Waals surface area contributed by atoms with Gasteiger partial charge in [-0.1, -0.05) is 24.3 Å². The minimum Gasteiger partial charge on any atom is -0.497 e. The number of fused-ring (bicyclic) bond motifs is 5. The van der Waals surface area contributed by atoms with E-state index in [2.05, 4.69) is 22.8 Å². The molecule has 5 rings (SSSR count). The molecule has 2 N–H and O–H groups in total. The number of hydrogen-bond donors (Lipinski definition) is 2. The topological polar surface area (TPSA) is 87.7 Å². The van der Waals surface area contributed by atoms with Crippen molar-refractivity contribution < 1.29 is 19.1 Å². The summed E-state index contributed by atoms with van der Waals surface area (Å²) in [5.74, 6) is 0.533. The van der Waals surface area contributed by atoms with Gasteiger partial charge in [0.25, 0.3) is 0 Å². The van der Waals surface area contributed by atoms with Gasteiger partial charge in [0, 0.05) is 12.2 Å². The fourth-order valence-electron chi connectivity index (χ4n) is 4.95. The number of urea groups is 1. The van der Waals surface area contributed by atoms with Crippen LogP contribution in [0.5, 0.6) is 5.75 Å². The number of hydrogen-bond acceptors (Lipinski definition) is 4. The van der Waals surface area contributed by atoms with Gasteiger partial charge in [0.05, 0.1) is 24.6 Å². The van der Waals surface area contributed by atoms with E-state index in [4.69, 9.17) is 4.74 Å². The Morgan fingerprint density at radius 3 is 2.16 bits per heavy atom. The van der Waals surface area contributed by atoms with Crippen LogP contribution >= 0.6 is 0 Å². The molecular formula is C24H23N3O4. The van der Waals surface area contributed by atoms with Gasteiger partial charge >= 0.3 is 6.03 Å². The van der Waals surface area contributed by atoms with Crippen LogP contribution in [0, 0.1) is 23.7 Å². The Bertz CT molecular complexity index is 1030. The first-order valence-electron chi connectivity index (χ1n) is 10.4. The predicted octanol–water partition coefficient (Wildman–Crippen LogP) is 3.33. The Morgan fingerprint density at radius 2 is 1.58 bits per heavy atom. The molecule has 4 atom stereocenters. The van der Waals surface area contributed by atoms with E-state index < -0.39 is 0 Å². The first kappa shape index (κ1) is 19.4. The normalized spacial score (nSPS) is 25.6. The van der Waals surface area contributed by atoms with Crippen LogP contribution in [-0.4, -0.2) is 25.0 Å². The smallest absolute Gasteiger partial charge is 0.319 e. The number of carbonyl (C=O) groups excluding carboxylic acids is 3. The van der Waals surface area contributed by atoms with Crippen molar-refractivity contribution in [2.45, 2.75) is 13.0 Å². The lowest BCUT2D eigenvalue weighted by Gasteiger charge is -2.17. The number of amides is 4. The standard InChI is InChI=1S/C24H23N3O4/c1-31-19-10-6-17(7-11-19)26-24(30)25-13-14-2-8-18(9-3-14)27-22(28)20-15-4-5-16(12-15)21(20)23(27)29/h2-11,15-16,20-21H,12-13H2,1H3,(H2,25,26,30). The highest BCUT2D eigenvalue weighted by molar-refractivity contribution is 6.22. The number of methoxy groups -OCH3 is 1. The van der Waals surface area contributed by atoms with Crippen molar-refractivity contribution in [2.24, 2.45) is 23.7 Å². The fourth-order valence-corrected chi connectivity index (χ4v) is 4.95. The Balaban J connectivity index is 1.19. The number of rotatable bonds is 5. The van der Waals surface area contributed by atoms with E-state index >= 15 is 0 Å². The summed E-state index contributed by atoms with van der Waals surface area (Å²) in [6, 6.07) is 13.9. The van der Waals surface area contributed by atoms with Gasteiger partial charge in [0.2, 0.25) is 11.8 Å². The number of carbonyl (C=O) groups is 3. The molecule has 1 aliphatic heterocycles. The van der Waals surface area contributed by atoms with Gasteiger partial charge in [-0.25, -0.2) is 4.79 Å². The second-order valence-corrected chi connectivity index (χ2v) is 8.21. The number of allylic oxidation sites excluding steroid dienone is 2. The maximum Gasteiger partial charge on any atom is 0.319 e. The lowest BCUT2D eigenvalue weighted by Crippen LogP contribution is -2.32. The number of imide groups is 1.